The summed E-state index contributed by atoms with van der Waals surface area (Å²) in [7, 11) is 1.54. The summed E-state index contributed by atoms with van der Waals surface area (Å²) in [5.41, 5.74) is 5.03. The molecule has 0 aliphatic rings. The summed E-state index contributed by atoms with van der Waals surface area (Å²) in [6, 6.07) is 26.5. The maximum absolute atomic E-state index is 12.8. The number of benzene rings is 4. The number of esters is 1. The van der Waals surface area contributed by atoms with Gasteiger partial charge in [0.05, 0.1) is 30.1 Å². The van der Waals surface area contributed by atoms with E-state index >= 15 is 0 Å². The van der Waals surface area contributed by atoms with E-state index in [1.54, 1.807) is 66.7 Å². The van der Waals surface area contributed by atoms with Crippen LogP contribution in [0.3, 0.4) is 0 Å². The van der Waals surface area contributed by atoms with Gasteiger partial charge in [-0.2, -0.15) is 5.10 Å². The first-order valence-corrected chi connectivity index (χ1v) is 12.4. The van der Waals surface area contributed by atoms with Crippen LogP contribution in [0.1, 0.15) is 31.8 Å². The molecule has 4 rings (SSSR count). The summed E-state index contributed by atoms with van der Waals surface area (Å²) in [6.45, 7) is 1.90. The van der Waals surface area contributed by atoms with Crippen LogP contribution < -0.4 is 25.5 Å². The number of aryl methyl sites for hydroxylation is 1. The van der Waals surface area contributed by atoms with E-state index in [9.17, 15) is 19.2 Å². The highest BCUT2D eigenvalue weighted by atomic mass is 16.5. The Morgan fingerprint density at radius 3 is 2.17 bits per heavy atom. The number of anilines is 2. The first kappa shape index (κ1) is 28.2. The van der Waals surface area contributed by atoms with E-state index in [1.807, 2.05) is 25.1 Å². The number of nitrogens with zero attached hydrogens (tertiary/aromatic N) is 1. The van der Waals surface area contributed by atoms with Crippen LogP contribution in [0.4, 0.5) is 11.4 Å². The molecule has 10 heteroatoms. The third-order valence-corrected chi connectivity index (χ3v) is 5.70. The summed E-state index contributed by atoms with van der Waals surface area (Å²) in [4.78, 5) is 49.8. The molecule has 0 saturated carbocycles. The van der Waals surface area contributed by atoms with Gasteiger partial charge in [-0.1, -0.05) is 24.3 Å². The number of para-hydroxylation sites is 1. The molecule has 10 nitrogen and oxygen atoms in total. The van der Waals surface area contributed by atoms with E-state index in [2.05, 4.69) is 21.2 Å². The Labute approximate surface area is 236 Å². The van der Waals surface area contributed by atoms with Gasteiger partial charge >= 0.3 is 17.8 Å². The van der Waals surface area contributed by atoms with Crippen molar-refractivity contribution >= 4 is 41.3 Å². The fourth-order valence-corrected chi connectivity index (χ4v) is 3.62. The van der Waals surface area contributed by atoms with Gasteiger partial charge in [0.25, 0.3) is 5.91 Å². The van der Waals surface area contributed by atoms with Crippen LogP contribution in [0, 0.1) is 6.92 Å². The quantitative estimate of drug-likeness (QED) is 0.0968. The normalized spacial score (nSPS) is 10.5. The van der Waals surface area contributed by atoms with Crippen molar-refractivity contribution in [2.24, 2.45) is 5.10 Å². The number of amides is 3. The number of carbonyl (C=O) groups excluding carboxylic acids is 4. The predicted molar refractivity (Wildman–Crippen MR) is 154 cm³/mol. The lowest BCUT2D eigenvalue weighted by Gasteiger charge is -2.11. The van der Waals surface area contributed by atoms with Crippen molar-refractivity contribution in [2.45, 2.75) is 6.92 Å². The zero-order chi connectivity index (χ0) is 29.2. The number of hydrogen-bond donors (Lipinski definition) is 3. The van der Waals surface area contributed by atoms with Crippen LogP contribution in [0.2, 0.25) is 0 Å². The molecule has 3 amide bonds. The fourth-order valence-electron chi connectivity index (χ4n) is 3.62. The number of rotatable bonds is 8. The summed E-state index contributed by atoms with van der Waals surface area (Å²) < 4.78 is 10.4. The van der Waals surface area contributed by atoms with Crippen LogP contribution in [0.25, 0.3) is 0 Å². The second kappa shape index (κ2) is 13.3. The molecule has 0 spiro atoms. The molecule has 0 aliphatic heterocycles. The molecular weight excluding hydrogens is 524 g/mol. The molecule has 4 aromatic rings. The average Bonchev–Trinajstić information content (AvgIpc) is 2.98. The monoisotopic (exact) mass is 550 g/mol. The SMILES string of the molecule is COc1ccc(C(=O)Oc2ccc(C=NNC(=O)C(=O)Nc3ccccc3C(=O)Nc3cccc(C)c3)cc2)cc1. The van der Waals surface area contributed by atoms with Gasteiger partial charge in [-0.05, 0) is 90.8 Å². The molecule has 0 aromatic heterocycles. The zero-order valence-corrected chi connectivity index (χ0v) is 22.2. The van der Waals surface area contributed by atoms with Gasteiger partial charge < -0.3 is 20.1 Å². The van der Waals surface area contributed by atoms with Crippen LogP contribution in [-0.4, -0.2) is 37.0 Å². The van der Waals surface area contributed by atoms with E-state index in [0.717, 1.165) is 5.56 Å². The zero-order valence-electron chi connectivity index (χ0n) is 22.2. The van der Waals surface area contributed by atoms with Crippen LogP contribution in [0.5, 0.6) is 11.5 Å². The Morgan fingerprint density at radius 1 is 0.756 bits per heavy atom. The number of hydrazone groups is 1. The minimum Gasteiger partial charge on any atom is -0.497 e. The van der Waals surface area contributed by atoms with Crippen LogP contribution >= 0.6 is 0 Å². The molecule has 0 saturated heterocycles. The van der Waals surface area contributed by atoms with Crippen molar-refractivity contribution in [3.63, 3.8) is 0 Å². The Morgan fingerprint density at radius 2 is 1.46 bits per heavy atom. The topological polar surface area (TPSA) is 135 Å². The molecule has 0 radical (unpaired) electrons. The third-order valence-electron chi connectivity index (χ3n) is 5.70. The highest BCUT2D eigenvalue weighted by Crippen LogP contribution is 2.19. The molecule has 206 valence electrons. The summed E-state index contributed by atoms with van der Waals surface area (Å²) in [5, 5.41) is 9.01. The van der Waals surface area contributed by atoms with E-state index < -0.39 is 23.7 Å². The van der Waals surface area contributed by atoms with Gasteiger partial charge in [-0.3, -0.25) is 14.4 Å². The Balaban J connectivity index is 1.30. The highest BCUT2D eigenvalue weighted by molar-refractivity contribution is 6.40. The van der Waals surface area contributed by atoms with Gasteiger partial charge in [0.15, 0.2) is 0 Å². The molecule has 0 bridgehead atoms. The molecular formula is C31H26N4O6. The van der Waals surface area contributed by atoms with Gasteiger partial charge in [0.1, 0.15) is 11.5 Å². The molecule has 0 unspecified atom stereocenters. The Kier molecular flexibility index (Phi) is 9.19. The lowest BCUT2D eigenvalue weighted by molar-refractivity contribution is -0.136. The van der Waals surface area contributed by atoms with Gasteiger partial charge in [-0.15, -0.1) is 0 Å². The van der Waals surface area contributed by atoms with E-state index in [1.165, 1.54) is 25.5 Å². The molecule has 4 aromatic carbocycles. The summed E-state index contributed by atoms with van der Waals surface area (Å²) in [6.07, 6.45) is 1.32. The number of methoxy groups -OCH3 is 1. The number of hydrogen-bond acceptors (Lipinski definition) is 7. The molecule has 3 N–H and O–H groups in total. The van der Waals surface area contributed by atoms with Crippen molar-refractivity contribution in [1.29, 1.82) is 0 Å². The largest absolute Gasteiger partial charge is 0.497 e. The second-order valence-electron chi connectivity index (χ2n) is 8.71. The molecule has 0 fully saturated rings. The number of carbonyl (C=O) groups is 4. The standard InChI is InChI=1S/C31H26N4O6/c1-20-6-5-7-23(18-20)33-28(36)26-8-3-4-9-27(26)34-29(37)30(38)35-32-19-21-10-14-25(15-11-21)41-31(39)22-12-16-24(40-2)17-13-22/h3-19H,1-2H3,(H,33,36)(H,34,37)(H,35,38). The maximum atomic E-state index is 12.8. The van der Waals surface area contributed by atoms with Crippen molar-refractivity contribution in [2.75, 3.05) is 17.7 Å². The third kappa shape index (κ3) is 7.87. The average molecular weight is 551 g/mol. The second-order valence-corrected chi connectivity index (χ2v) is 8.71. The molecule has 0 heterocycles. The van der Waals surface area contributed by atoms with Crippen molar-refractivity contribution < 1.29 is 28.7 Å². The van der Waals surface area contributed by atoms with Crippen LogP contribution in [0.15, 0.2) is 102 Å². The predicted octanol–water partition coefficient (Wildman–Crippen LogP) is 4.56. The first-order valence-electron chi connectivity index (χ1n) is 12.4. The number of ether oxygens (including phenoxy) is 2. The Bertz CT molecular complexity index is 1600. The summed E-state index contributed by atoms with van der Waals surface area (Å²) in [5.74, 6) is -2.05. The lowest BCUT2D eigenvalue weighted by atomic mass is 10.1. The molecule has 0 aliphatic carbocycles. The lowest BCUT2D eigenvalue weighted by Crippen LogP contribution is -2.33. The van der Waals surface area contributed by atoms with E-state index in [0.29, 0.717) is 28.3 Å². The first-order chi connectivity index (χ1) is 19.8. The highest BCUT2D eigenvalue weighted by Gasteiger charge is 2.18. The minimum absolute atomic E-state index is 0.168. The minimum atomic E-state index is -1.03. The number of nitrogens with one attached hydrogen (secondary N) is 3. The van der Waals surface area contributed by atoms with E-state index in [-0.39, 0.29) is 11.3 Å². The molecule has 41 heavy (non-hydrogen) atoms. The smallest absolute Gasteiger partial charge is 0.343 e. The van der Waals surface area contributed by atoms with Gasteiger partial charge in [-0.25, -0.2) is 10.2 Å². The van der Waals surface area contributed by atoms with Gasteiger partial charge in [0, 0.05) is 5.69 Å². The van der Waals surface area contributed by atoms with Crippen LogP contribution in [-0.2, 0) is 9.59 Å². The molecule has 0 atom stereocenters. The fraction of sp³-hybridized carbons (Fsp3) is 0.0645. The van der Waals surface area contributed by atoms with Gasteiger partial charge in [0.2, 0.25) is 0 Å². The van der Waals surface area contributed by atoms with Crippen molar-refractivity contribution in [3.8, 4) is 11.5 Å². The summed E-state index contributed by atoms with van der Waals surface area (Å²) >= 11 is 0. The van der Waals surface area contributed by atoms with Crippen molar-refractivity contribution in [3.05, 3.63) is 119 Å². The van der Waals surface area contributed by atoms with Crippen molar-refractivity contribution in [1.82, 2.24) is 5.43 Å². The van der Waals surface area contributed by atoms with E-state index in [4.69, 9.17) is 9.47 Å². The maximum Gasteiger partial charge on any atom is 0.343 e. The Hall–Kier alpha value is -5.77.